The summed E-state index contributed by atoms with van der Waals surface area (Å²) >= 11 is 0. The summed E-state index contributed by atoms with van der Waals surface area (Å²) < 4.78 is 1.73. The molecule has 1 aromatic heterocycles. The van der Waals surface area contributed by atoms with Gasteiger partial charge in [-0.05, 0) is 24.6 Å². The van der Waals surface area contributed by atoms with Crippen LogP contribution in [0.25, 0.3) is 6.08 Å². The van der Waals surface area contributed by atoms with Gasteiger partial charge in [0.1, 0.15) is 0 Å². The van der Waals surface area contributed by atoms with E-state index in [1.807, 2.05) is 39.0 Å². The maximum absolute atomic E-state index is 12.2. The highest BCUT2D eigenvalue weighted by atomic mass is 16.2. The highest BCUT2D eigenvalue weighted by Gasteiger charge is 2.14. The van der Waals surface area contributed by atoms with Gasteiger partial charge in [-0.15, -0.1) is 0 Å². The molecule has 1 N–H and O–H groups in total. The molecule has 0 saturated carbocycles. The third-order valence-corrected chi connectivity index (χ3v) is 3.20. The van der Waals surface area contributed by atoms with Crippen LogP contribution in [0.3, 0.4) is 0 Å². The van der Waals surface area contributed by atoms with Crippen LogP contribution < -0.4 is 10.9 Å². The van der Waals surface area contributed by atoms with Gasteiger partial charge in [0.25, 0.3) is 5.56 Å². The average molecular weight is 246 g/mol. The predicted octanol–water partition coefficient (Wildman–Crippen LogP) is 1.46. The SMILES string of the molecule is Cc1cc2n(c(=O)c1CNC(=O)C(C)C)CC=C2. The Hall–Kier alpha value is -1.84. The van der Waals surface area contributed by atoms with Crippen LogP contribution in [0.1, 0.15) is 30.7 Å². The van der Waals surface area contributed by atoms with E-state index in [2.05, 4.69) is 5.32 Å². The van der Waals surface area contributed by atoms with Crippen LogP contribution in [0.5, 0.6) is 0 Å². The van der Waals surface area contributed by atoms with Crippen molar-refractivity contribution in [3.05, 3.63) is 39.3 Å². The molecule has 0 atom stereocenters. The van der Waals surface area contributed by atoms with Crippen LogP contribution in [0.4, 0.5) is 0 Å². The highest BCUT2D eigenvalue weighted by molar-refractivity contribution is 5.77. The molecule has 1 aliphatic heterocycles. The van der Waals surface area contributed by atoms with E-state index in [9.17, 15) is 9.59 Å². The number of nitrogens with one attached hydrogen (secondary N) is 1. The molecule has 18 heavy (non-hydrogen) atoms. The second kappa shape index (κ2) is 4.80. The smallest absolute Gasteiger partial charge is 0.256 e. The van der Waals surface area contributed by atoms with Gasteiger partial charge in [0.2, 0.25) is 5.91 Å². The Balaban J connectivity index is 2.25. The summed E-state index contributed by atoms with van der Waals surface area (Å²) in [6.45, 7) is 6.51. The predicted molar refractivity (Wildman–Crippen MR) is 71.2 cm³/mol. The zero-order valence-electron chi connectivity index (χ0n) is 11.0. The van der Waals surface area contributed by atoms with Gasteiger partial charge in [0.15, 0.2) is 0 Å². The topological polar surface area (TPSA) is 51.1 Å². The number of carbonyl (C=O) groups is 1. The maximum Gasteiger partial charge on any atom is 0.256 e. The molecule has 0 aromatic carbocycles. The highest BCUT2D eigenvalue weighted by Crippen LogP contribution is 2.13. The number of pyridine rings is 1. The van der Waals surface area contributed by atoms with E-state index in [1.54, 1.807) is 4.57 Å². The van der Waals surface area contributed by atoms with Crippen molar-refractivity contribution in [2.45, 2.75) is 33.9 Å². The fourth-order valence-electron chi connectivity index (χ4n) is 2.04. The number of fused-ring (bicyclic) bond motifs is 1. The molecule has 0 fully saturated rings. The number of nitrogens with zero attached hydrogens (tertiary/aromatic N) is 1. The lowest BCUT2D eigenvalue weighted by molar-refractivity contribution is -0.124. The molecule has 0 saturated heterocycles. The minimum atomic E-state index is -0.0656. The largest absolute Gasteiger partial charge is 0.352 e. The summed E-state index contributed by atoms with van der Waals surface area (Å²) in [7, 11) is 0. The van der Waals surface area contributed by atoms with Crippen molar-refractivity contribution in [2.24, 2.45) is 5.92 Å². The molecule has 0 unspecified atom stereocenters. The van der Waals surface area contributed by atoms with E-state index in [0.717, 1.165) is 11.3 Å². The van der Waals surface area contributed by atoms with Gasteiger partial charge in [-0.25, -0.2) is 0 Å². The molecule has 4 nitrogen and oxygen atoms in total. The van der Waals surface area contributed by atoms with E-state index in [4.69, 9.17) is 0 Å². The second-order valence-electron chi connectivity index (χ2n) is 4.92. The fourth-order valence-corrected chi connectivity index (χ4v) is 2.04. The number of allylic oxidation sites excluding steroid dienone is 1. The summed E-state index contributed by atoms with van der Waals surface area (Å²) in [6, 6.07) is 1.99. The molecule has 0 bridgehead atoms. The molecule has 0 radical (unpaired) electrons. The van der Waals surface area contributed by atoms with Crippen LogP contribution >= 0.6 is 0 Å². The van der Waals surface area contributed by atoms with Gasteiger partial charge < -0.3 is 9.88 Å². The van der Waals surface area contributed by atoms with Crippen molar-refractivity contribution < 1.29 is 4.79 Å². The van der Waals surface area contributed by atoms with Crippen molar-refractivity contribution in [1.82, 2.24) is 9.88 Å². The van der Waals surface area contributed by atoms with Gasteiger partial charge in [-0.1, -0.05) is 19.9 Å². The van der Waals surface area contributed by atoms with E-state index in [0.29, 0.717) is 18.7 Å². The lowest BCUT2D eigenvalue weighted by atomic mass is 10.1. The second-order valence-corrected chi connectivity index (χ2v) is 4.92. The number of aromatic nitrogens is 1. The number of hydrogen-bond donors (Lipinski definition) is 1. The zero-order valence-corrected chi connectivity index (χ0v) is 11.0. The summed E-state index contributed by atoms with van der Waals surface area (Å²) in [5, 5.41) is 2.80. The van der Waals surface area contributed by atoms with E-state index < -0.39 is 0 Å². The number of hydrogen-bond acceptors (Lipinski definition) is 2. The van der Waals surface area contributed by atoms with Crippen molar-refractivity contribution in [3.8, 4) is 0 Å². The minimum absolute atomic E-state index is 0.000874. The standard InChI is InChI=1S/C14H18N2O2/c1-9(2)13(17)15-8-12-10(3)7-11-5-4-6-16(11)14(12)18/h4-5,7,9H,6,8H2,1-3H3,(H,15,17). The molecule has 2 rings (SSSR count). The minimum Gasteiger partial charge on any atom is -0.352 e. The summed E-state index contributed by atoms with van der Waals surface area (Å²) in [5.74, 6) is -0.0958. The summed E-state index contributed by atoms with van der Waals surface area (Å²) in [6.07, 6.45) is 3.91. The Labute approximate surface area is 106 Å². The molecule has 4 heteroatoms. The number of amides is 1. The first-order valence-corrected chi connectivity index (χ1v) is 6.18. The Kier molecular flexibility index (Phi) is 3.36. The zero-order chi connectivity index (χ0) is 13.3. The van der Waals surface area contributed by atoms with Crippen LogP contribution in [0, 0.1) is 12.8 Å². The van der Waals surface area contributed by atoms with Crippen molar-refractivity contribution in [1.29, 1.82) is 0 Å². The van der Waals surface area contributed by atoms with Gasteiger partial charge in [0.05, 0.1) is 0 Å². The van der Waals surface area contributed by atoms with E-state index in [1.165, 1.54) is 0 Å². The molecule has 0 spiro atoms. The van der Waals surface area contributed by atoms with Crippen LogP contribution in [-0.4, -0.2) is 10.5 Å². The Morgan fingerprint density at radius 2 is 2.22 bits per heavy atom. The Morgan fingerprint density at radius 1 is 1.50 bits per heavy atom. The van der Waals surface area contributed by atoms with Gasteiger partial charge >= 0.3 is 0 Å². The number of aryl methyl sites for hydroxylation is 1. The molecular formula is C14H18N2O2. The third kappa shape index (κ3) is 2.23. The van der Waals surface area contributed by atoms with Crippen molar-refractivity contribution >= 4 is 12.0 Å². The molecule has 1 amide bonds. The fraction of sp³-hybridized carbons (Fsp3) is 0.429. The molecule has 1 aliphatic rings. The number of rotatable bonds is 3. The normalized spacial score (nSPS) is 12.9. The summed E-state index contributed by atoms with van der Waals surface area (Å²) in [5.41, 5.74) is 2.55. The third-order valence-electron chi connectivity index (χ3n) is 3.20. The van der Waals surface area contributed by atoms with Crippen LogP contribution in [0.2, 0.25) is 0 Å². The Morgan fingerprint density at radius 3 is 2.89 bits per heavy atom. The first-order chi connectivity index (χ1) is 8.50. The monoisotopic (exact) mass is 246 g/mol. The number of carbonyl (C=O) groups excluding carboxylic acids is 1. The average Bonchev–Trinajstić information content (AvgIpc) is 2.76. The van der Waals surface area contributed by atoms with Crippen molar-refractivity contribution in [3.63, 3.8) is 0 Å². The lowest BCUT2D eigenvalue weighted by Crippen LogP contribution is -2.32. The van der Waals surface area contributed by atoms with Crippen molar-refractivity contribution in [2.75, 3.05) is 0 Å². The van der Waals surface area contributed by atoms with Gasteiger partial charge in [-0.3, -0.25) is 9.59 Å². The van der Waals surface area contributed by atoms with Crippen LogP contribution in [-0.2, 0) is 17.9 Å². The summed E-state index contributed by atoms with van der Waals surface area (Å²) in [4.78, 5) is 23.8. The molecule has 2 heterocycles. The first kappa shape index (κ1) is 12.6. The first-order valence-electron chi connectivity index (χ1n) is 6.18. The maximum atomic E-state index is 12.2. The Bertz CT molecular complexity index is 568. The quantitative estimate of drug-likeness (QED) is 0.877. The lowest BCUT2D eigenvalue weighted by Gasteiger charge is -2.12. The molecular weight excluding hydrogens is 228 g/mol. The molecule has 0 aliphatic carbocycles. The van der Waals surface area contributed by atoms with Gasteiger partial charge in [0, 0.05) is 30.3 Å². The molecule has 1 aromatic rings. The van der Waals surface area contributed by atoms with Crippen LogP contribution in [0.15, 0.2) is 16.9 Å². The van der Waals surface area contributed by atoms with Gasteiger partial charge in [-0.2, -0.15) is 0 Å². The van der Waals surface area contributed by atoms with E-state index in [-0.39, 0.29) is 17.4 Å². The van der Waals surface area contributed by atoms with E-state index >= 15 is 0 Å². The molecule has 96 valence electrons.